The maximum Gasteiger partial charge on any atom is 0.332 e. The molecule has 29 heavy (non-hydrogen) atoms. The summed E-state index contributed by atoms with van der Waals surface area (Å²) in [7, 11) is 1.42. The molecule has 9 nitrogen and oxygen atoms in total. The SMILES string of the molecule is COCC(=O)OCC1CN(C(=O)CCCCCN)CCN1CC(=O)OC(C)(C)C. The van der Waals surface area contributed by atoms with E-state index in [4.69, 9.17) is 19.9 Å². The van der Waals surface area contributed by atoms with E-state index in [0.717, 1.165) is 19.3 Å². The summed E-state index contributed by atoms with van der Waals surface area (Å²) in [4.78, 5) is 40.1. The second-order valence-electron chi connectivity index (χ2n) is 8.27. The van der Waals surface area contributed by atoms with Crippen molar-refractivity contribution in [3.63, 3.8) is 0 Å². The Morgan fingerprint density at radius 1 is 1.07 bits per heavy atom. The second-order valence-corrected chi connectivity index (χ2v) is 8.27. The predicted molar refractivity (Wildman–Crippen MR) is 108 cm³/mol. The van der Waals surface area contributed by atoms with Crippen molar-refractivity contribution in [3.8, 4) is 0 Å². The standard InChI is InChI=1S/C20H37N3O6/c1-20(2,3)29-18(25)13-22-10-11-23(17(24)8-6-5-7-9-21)12-16(22)14-28-19(26)15-27-4/h16H,5-15,21H2,1-4H3. The summed E-state index contributed by atoms with van der Waals surface area (Å²) in [6.07, 6.45) is 3.12. The zero-order valence-corrected chi connectivity index (χ0v) is 18.3. The monoisotopic (exact) mass is 415 g/mol. The Bertz CT molecular complexity index is 535. The van der Waals surface area contributed by atoms with Crippen LogP contribution < -0.4 is 5.73 Å². The topological polar surface area (TPSA) is 111 Å². The Morgan fingerprint density at radius 3 is 2.41 bits per heavy atom. The number of hydrogen-bond donors (Lipinski definition) is 1. The van der Waals surface area contributed by atoms with E-state index in [9.17, 15) is 14.4 Å². The van der Waals surface area contributed by atoms with Gasteiger partial charge in [-0.15, -0.1) is 0 Å². The minimum atomic E-state index is -0.571. The lowest BCUT2D eigenvalue weighted by atomic mass is 10.1. The Kier molecular flexibility index (Phi) is 11.2. The number of piperazine rings is 1. The van der Waals surface area contributed by atoms with Crippen LogP contribution in [-0.2, 0) is 28.6 Å². The van der Waals surface area contributed by atoms with Gasteiger partial charge in [0.2, 0.25) is 5.91 Å². The number of nitrogens with two attached hydrogens (primary N) is 1. The third-order valence-corrected chi connectivity index (χ3v) is 4.50. The van der Waals surface area contributed by atoms with Crippen LogP contribution in [0.15, 0.2) is 0 Å². The van der Waals surface area contributed by atoms with E-state index in [2.05, 4.69) is 0 Å². The minimum Gasteiger partial charge on any atom is -0.462 e. The van der Waals surface area contributed by atoms with Crippen LogP contribution in [0.5, 0.6) is 0 Å². The fourth-order valence-corrected chi connectivity index (χ4v) is 3.13. The van der Waals surface area contributed by atoms with Crippen LogP contribution in [0.25, 0.3) is 0 Å². The average molecular weight is 416 g/mol. The Labute approximate surface area is 173 Å². The van der Waals surface area contributed by atoms with E-state index < -0.39 is 11.6 Å². The molecule has 1 atom stereocenters. The Hall–Kier alpha value is -1.71. The van der Waals surface area contributed by atoms with E-state index in [0.29, 0.717) is 32.6 Å². The first-order valence-corrected chi connectivity index (χ1v) is 10.2. The molecule has 0 aliphatic carbocycles. The summed E-state index contributed by atoms with van der Waals surface area (Å²) >= 11 is 0. The summed E-state index contributed by atoms with van der Waals surface area (Å²) in [5.74, 6) is -0.741. The molecule has 1 aliphatic rings. The van der Waals surface area contributed by atoms with E-state index >= 15 is 0 Å². The fraction of sp³-hybridized carbons (Fsp3) is 0.850. The molecule has 1 fully saturated rings. The largest absolute Gasteiger partial charge is 0.462 e. The van der Waals surface area contributed by atoms with Gasteiger partial charge in [0.1, 0.15) is 18.8 Å². The van der Waals surface area contributed by atoms with Crippen molar-refractivity contribution >= 4 is 17.8 Å². The van der Waals surface area contributed by atoms with Crippen LogP contribution in [0.2, 0.25) is 0 Å². The number of carbonyl (C=O) groups excluding carboxylic acids is 3. The molecule has 1 unspecified atom stereocenters. The van der Waals surface area contributed by atoms with Crippen LogP contribution in [0.4, 0.5) is 0 Å². The lowest BCUT2D eigenvalue weighted by Crippen LogP contribution is -2.57. The van der Waals surface area contributed by atoms with Crippen molar-refractivity contribution in [1.29, 1.82) is 0 Å². The van der Waals surface area contributed by atoms with Gasteiger partial charge in [0.25, 0.3) is 0 Å². The van der Waals surface area contributed by atoms with Crippen molar-refractivity contribution in [2.24, 2.45) is 5.73 Å². The fourth-order valence-electron chi connectivity index (χ4n) is 3.13. The smallest absolute Gasteiger partial charge is 0.332 e. The minimum absolute atomic E-state index is 0.0761. The number of rotatable bonds is 11. The number of unbranched alkanes of at least 4 members (excludes halogenated alkanes) is 2. The summed E-state index contributed by atoms with van der Waals surface area (Å²) in [6.45, 7) is 7.56. The molecule has 0 radical (unpaired) electrons. The molecule has 1 saturated heterocycles. The molecule has 0 bridgehead atoms. The number of amides is 1. The number of hydrogen-bond acceptors (Lipinski definition) is 8. The molecular formula is C20H37N3O6. The van der Waals surface area contributed by atoms with E-state index in [1.165, 1.54) is 7.11 Å². The normalized spacial score (nSPS) is 17.8. The first-order chi connectivity index (χ1) is 13.7. The lowest BCUT2D eigenvalue weighted by Gasteiger charge is -2.41. The van der Waals surface area contributed by atoms with Crippen LogP contribution in [0.1, 0.15) is 46.5 Å². The molecule has 0 saturated carbocycles. The average Bonchev–Trinajstić information content (AvgIpc) is 2.63. The zero-order chi connectivity index (χ0) is 21.9. The molecule has 1 rings (SSSR count). The van der Waals surface area contributed by atoms with Crippen molar-refractivity contribution in [1.82, 2.24) is 9.80 Å². The molecule has 0 aromatic rings. The van der Waals surface area contributed by atoms with Crippen LogP contribution >= 0.6 is 0 Å². The van der Waals surface area contributed by atoms with Gasteiger partial charge >= 0.3 is 11.9 Å². The molecule has 2 N–H and O–H groups in total. The van der Waals surface area contributed by atoms with E-state index in [1.807, 2.05) is 25.7 Å². The highest BCUT2D eigenvalue weighted by Crippen LogP contribution is 2.15. The first-order valence-electron chi connectivity index (χ1n) is 10.2. The van der Waals surface area contributed by atoms with E-state index in [1.54, 1.807) is 4.90 Å². The highest BCUT2D eigenvalue weighted by molar-refractivity contribution is 5.76. The quantitative estimate of drug-likeness (QED) is 0.385. The van der Waals surface area contributed by atoms with Crippen LogP contribution in [0.3, 0.4) is 0 Å². The number of ether oxygens (including phenoxy) is 3. The van der Waals surface area contributed by atoms with Crippen LogP contribution in [0, 0.1) is 0 Å². The first kappa shape index (κ1) is 25.3. The maximum atomic E-state index is 12.5. The molecule has 1 amide bonds. The van der Waals surface area contributed by atoms with Gasteiger partial charge in [-0.05, 0) is 40.2 Å². The molecule has 0 spiro atoms. The second kappa shape index (κ2) is 12.8. The zero-order valence-electron chi connectivity index (χ0n) is 18.3. The van der Waals surface area contributed by atoms with Gasteiger partial charge < -0.3 is 24.8 Å². The van der Waals surface area contributed by atoms with Gasteiger partial charge in [-0.2, -0.15) is 0 Å². The molecular weight excluding hydrogens is 378 g/mol. The highest BCUT2D eigenvalue weighted by atomic mass is 16.6. The third-order valence-electron chi connectivity index (χ3n) is 4.50. The number of nitrogens with zero attached hydrogens (tertiary/aromatic N) is 2. The number of carbonyl (C=O) groups is 3. The van der Waals surface area contributed by atoms with E-state index in [-0.39, 0.29) is 37.7 Å². The summed E-state index contributed by atoms with van der Waals surface area (Å²) in [5, 5.41) is 0. The van der Waals surface area contributed by atoms with Gasteiger partial charge in [-0.1, -0.05) is 6.42 Å². The summed E-state index contributed by atoms with van der Waals surface area (Å²) in [6, 6.07) is -0.273. The molecule has 1 heterocycles. The van der Waals surface area contributed by atoms with Gasteiger partial charge in [0.05, 0.1) is 12.6 Å². The Morgan fingerprint density at radius 2 is 1.79 bits per heavy atom. The maximum absolute atomic E-state index is 12.5. The highest BCUT2D eigenvalue weighted by Gasteiger charge is 2.32. The number of esters is 2. The summed E-state index contributed by atoms with van der Waals surface area (Å²) in [5.41, 5.74) is 4.92. The summed E-state index contributed by atoms with van der Waals surface area (Å²) < 4.78 is 15.4. The predicted octanol–water partition coefficient (Wildman–Crippen LogP) is 0.550. The molecule has 168 valence electrons. The van der Waals surface area contributed by atoms with Gasteiger partial charge in [-0.25, -0.2) is 4.79 Å². The van der Waals surface area contributed by atoms with Crippen molar-refractivity contribution < 1.29 is 28.6 Å². The number of methoxy groups -OCH3 is 1. The van der Waals surface area contributed by atoms with Gasteiger partial charge in [-0.3, -0.25) is 14.5 Å². The molecule has 0 aromatic heterocycles. The van der Waals surface area contributed by atoms with Crippen LogP contribution in [-0.4, -0.2) is 92.3 Å². The molecule has 1 aliphatic heterocycles. The van der Waals surface area contributed by atoms with Crippen molar-refractivity contribution in [2.45, 2.75) is 58.1 Å². The third kappa shape index (κ3) is 10.6. The lowest BCUT2D eigenvalue weighted by molar-refractivity contribution is -0.159. The molecule has 0 aromatic carbocycles. The van der Waals surface area contributed by atoms with Crippen molar-refractivity contribution in [3.05, 3.63) is 0 Å². The molecule has 9 heteroatoms. The van der Waals surface area contributed by atoms with Gasteiger partial charge in [0.15, 0.2) is 0 Å². The Balaban J connectivity index is 2.67. The van der Waals surface area contributed by atoms with Crippen molar-refractivity contribution in [2.75, 3.05) is 53.0 Å². The van der Waals surface area contributed by atoms with Gasteiger partial charge in [0, 0.05) is 33.2 Å².